The number of aryl methyl sites for hydroxylation is 1. The lowest BCUT2D eigenvalue weighted by Gasteiger charge is -2.27. The third-order valence-corrected chi connectivity index (χ3v) is 6.46. The van der Waals surface area contributed by atoms with E-state index in [1.54, 1.807) is 12.1 Å². The molecule has 0 unspecified atom stereocenters. The second kappa shape index (κ2) is 13.8. The number of nitrogens with one attached hydrogen (secondary N) is 2. The lowest BCUT2D eigenvalue weighted by Crippen LogP contribution is -2.54. The summed E-state index contributed by atoms with van der Waals surface area (Å²) < 4.78 is 22.1. The van der Waals surface area contributed by atoms with Gasteiger partial charge >= 0.3 is 6.03 Å². The summed E-state index contributed by atoms with van der Waals surface area (Å²) >= 11 is 6.46. The first-order valence-corrected chi connectivity index (χ1v) is 13.6. The number of carbonyl (C=O) groups excluding carboxylic acids is 4. The molecule has 5 amide bonds. The molecule has 0 spiro atoms. The fourth-order valence-electron chi connectivity index (χ4n) is 4.21. The van der Waals surface area contributed by atoms with E-state index in [0.29, 0.717) is 29.4 Å². The molecule has 0 saturated carbocycles. The highest BCUT2D eigenvalue weighted by atomic mass is 35.5. The Labute approximate surface area is 253 Å². The number of ether oxygens (including phenoxy) is 4. The minimum absolute atomic E-state index is 0.0681. The lowest BCUT2D eigenvalue weighted by molar-refractivity contribution is -0.122. The average Bonchev–Trinajstić information content (AvgIpc) is 2.97. The SMILES string of the molecule is CCCOc1ccc(N2C(=O)NC(=O)/C(=C/c3cc(Cl)c(OCC(=O)Nc4cccc(C)c4)c(OC)c3)C2=O)cc1OC. The Hall–Kier alpha value is -5.03. The zero-order valence-corrected chi connectivity index (χ0v) is 24.7. The van der Waals surface area contributed by atoms with E-state index in [1.165, 1.54) is 44.6 Å². The predicted molar refractivity (Wildman–Crippen MR) is 161 cm³/mol. The monoisotopic (exact) mass is 607 g/mol. The molecule has 0 bridgehead atoms. The van der Waals surface area contributed by atoms with Crippen molar-refractivity contribution in [3.8, 4) is 23.0 Å². The summed E-state index contributed by atoms with van der Waals surface area (Å²) in [6.45, 7) is 3.97. The molecule has 2 N–H and O–H groups in total. The van der Waals surface area contributed by atoms with Crippen molar-refractivity contribution in [1.29, 1.82) is 0 Å². The van der Waals surface area contributed by atoms with Gasteiger partial charge in [-0.15, -0.1) is 0 Å². The largest absolute Gasteiger partial charge is 0.493 e. The van der Waals surface area contributed by atoms with Gasteiger partial charge in [-0.1, -0.05) is 30.7 Å². The van der Waals surface area contributed by atoms with E-state index < -0.39 is 23.8 Å². The number of hydrogen-bond acceptors (Lipinski definition) is 8. The van der Waals surface area contributed by atoms with Gasteiger partial charge in [0.2, 0.25) is 0 Å². The minimum Gasteiger partial charge on any atom is -0.493 e. The molecule has 0 aliphatic carbocycles. The molecule has 0 atom stereocenters. The summed E-state index contributed by atoms with van der Waals surface area (Å²) in [6.07, 6.45) is 2.05. The molecule has 0 radical (unpaired) electrons. The molecule has 1 aliphatic rings. The number of barbiturate groups is 1. The summed E-state index contributed by atoms with van der Waals surface area (Å²) in [5.41, 5.74) is 1.77. The molecule has 43 heavy (non-hydrogen) atoms. The second-order valence-electron chi connectivity index (χ2n) is 9.38. The zero-order chi connectivity index (χ0) is 31.1. The van der Waals surface area contributed by atoms with Gasteiger partial charge in [-0.25, -0.2) is 9.69 Å². The first kappa shape index (κ1) is 30.9. The van der Waals surface area contributed by atoms with Crippen LogP contribution in [0.15, 0.2) is 60.2 Å². The van der Waals surface area contributed by atoms with Gasteiger partial charge in [-0.3, -0.25) is 19.7 Å². The van der Waals surface area contributed by atoms with Crippen LogP contribution in [0.3, 0.4) is 0 Å². The number of imide groups is 2. The number of benzene rings is 3. The molecular weight excluding hydrogens is 578 g/mol. The maximum Gasteiger partial charge on any atom is 0.335 e. The van der Waals surface area contributed by atoms with Crippen LogP contribution < -0.4 is 34.5 Å². The highest BCUT2D eigenvalue weighted by molar-refractivity contribution is 6.39. The molecule has 1 heterocycles. The van der Waals surface area contributed by atoms with Gasteiger partial charge in [0, 0.05) is 11.8 Å². The van der Waals surface area contributed by atoms with E-state index in [4.69, 9.17) is 30.5 Å². The molecule has 224 valence electrons. The molecule has 11 nitrogen and oxygen atoms in total. The Kier molecular flexibility index (Phi) is 9.89. The maximum atomic E-state index is 13.4. The van der Waals surface area contributed by atoms with Crippen LogP contribution in [0.25, 0.3) is 6.08 Å². The first-order valence-electron chi connectivity index (χ1n) is 13.2. The Balaban J connectivity index is 1.56. The fraction of sp³-hybridized carbons (Fsp3) is 0.226. The highest BCUT2D eigenvalue weighted by Gasteiger charge is 2.37. The van der Waals surface area contributed by atoms with Crippen LogP contribution >= 0.6 is 11.6 Å². The van der Waals surface area contributed by atoms with E-state index in [-0.39, 0.29) is 34.4 Å². The molecule has 0 aromatic heterocycles. The summed E-state index contributed by atoms with van der Waals surface area (Å²) in [7, 11) is 2.81. The fourth-order valence-corrected chi connectivity index (χ4v) is 4.48. The molecular formula is C31H30ClN3O8. The van der Waals surface area contributed by atoms with E-state index >= 15 is 0 Å². The van der Waals surface area contributed by atoms with Crippen LogP contribution in [0.5, 0.6) is 23.0 Å². The van der Waals surface area contributed by atoms with Gasteiger partial charge in [0.15, 0.2) is 29.6 Å². The predicted octanol–water partition coefficient (Wildman–Crippen LogP) is 5.14. The van der Waals surface area contributed by atoms with Crippen LogP contribution in [0, 0.1) is 6.92 Å². The molecule has 1 saturated heterocycles. The number of amides is 5. The molecule has 4 rings (SSSR count). The zero-order valence-electron chi connectivity index (χ0n) is 24.0. The summed E-state index contributed by atoms with van der Waals surface area (Å²) in [6, 6.07) is 13.9. The van der Waals surface area contributed by atoms with E-state index in [0.717, 1.165) is 16.9 Å². The molecule has 12 heteroatoms. The standard InChI is InChI=1S/C31H30ClN3O8/c1-5-11-42-24-10-9-21(16-25(24)40-3)35-30(38)22(29(37)34-31(35)39)13-19-14-23(32)28(26(15-19)41-4)43-17-27(36)33-20-8-6-7-18(2)12-20/h6-10,12-16H,5,11,17H2,1-4H3,(H,33,36)(H,34,37,39)/b22-13-. The third-order valence-electron chi connectivity index (χ3n) is 6.18. The van der Waals surface area contributed by atoms with Crippen molar-refractivity contribution in [1.82, 2.24) is 5.32 Å². The van der Waals surface area contributed by atoms with Crippen molar-refractivity contribution < 1.29 is 38.1 Å². The minimum atomic E-state index is -0.917. The van der Waals surface area contributed by atoms with Crippen molar-refractivity contribution in [2.75, 3.05) is 37.7 Å². The second-order valence-corrected chi connectivity index (χ2v) is 9.79. The number of anilines is 2. The van der Waals surface area contributed by atoms with Crippen molar-refractivity contribution in [2.45, 2.75) is 20.3 Å². The van der Waals surface area contributed by atoms with E-state index in [1.807, 2.05) is 32.0 Å². The van der Waals surface area contributed by atoms with Crippen LogP contribution in [0.4, 0.5) is 16.2 Å². The van der Waals surface area contributed by atoms with Crippen LogP contribution in [0.1, 0.15) is 24.5 Å². The number of carbonyl (C=O) groups is 4. The average molecular weight is 608 g/mol. The van der Waals surface area contributed by atoms with Crippen molar-refractivity contribution in [2.24, 2.45) is 0 Å². The Bertz CT molecular complexity index is 1600. The van der Waals surface area contributed by atoms with Gasteiger partial charge in [0.05, 0.1) is 31.5 Å². The van der Waals surface area contributed by atoms with E-state index in [2.05, 4.69) is 10.6 Å². The van der Waals surface area contributed by atoms with Crippen LogP contribution in [-0.4, -0.2) is 51.2 Å². The van der Waals surface area contributed by atoms with Crippen molar-refractivity contribution >= 4 is 52.8 Å². The van der Waals surface area contributed by atoms with Crippen molar-refractivity contribution in [3.63, 3.8) is 0 Å². The van der Waals surface area contributed by atoms with Gasteiger partial charge in [0.1, 0.15) is 5.57 Å². The van der Waals surface area contributed by atoms with Gasteiger partial charge in [-0.05, 0) is 66.9 Å². The first-order chi connectivity index (χ1) is 20.6. The van der Waals surface area contributed by atoms with Crippen LogP contribution in [-0.2, 0) is 14.4 Å². The Morgan fingerprint density at radius 3 is 2.44 bits per heavy atom. The number of urea groups is 1. The number of methoxy groups -OCH3 is 2. The summed E-state index contributed by atoms with van der Waals surface area (Å²) in [5.74, 6) is -1.14. The molecule has 1 fully saturated rings. The number of hydrogen-bond donors (Lipinski definition) is 2. The third kappa shape index (κ3) is 7.25. The molecule has 3 aromatic carbocycles. The highest BCUT2D eigenvalue weighted by Crippen LogP contribution is 2.38. The van der Waals surface area contributed by atoms with Gasteiger partial charge in [0.25, 0.3) is 17.7 Å². The van der Waals surface area contributed by atoms with Gasteiger partial charge < -0.3 is 24.3 Å². The van der Waals surface area contributed by atoms with Crippen LogP contribution in [0.2, 0.25) is 5.02 Å². The normalized spacial score (nSPS) is 13.9. The number of rotatable bonds is 11. The molecule has 1 aliphatic heterocycles. The Morgan fingerprint density at radius 1 is 0.977 bits per heavy atom. The topological polar surface area (TPSA) is 132 Å². The Morgan fingerprint density at radius 2 is 1.74 bits per heavy atom. The quantitative estimate of drug-likeness (QED) is 0.226. The summed E-state index contributed by atoms with van der Waals surface area (Å²) in [4.78, 5) is 52.1. The summed E-state index contributed by atoms with van der Waals surface area (Å²) in [5, 5.41) is 4.99. The lowest BCUT2D eigenvalue weighted by atomic mass is 10.1. The maximum absolute atomic E-state index is 13.4. The van der Waals surface area contributed by atoms with Gasteiger partial charge in [-0.2, -0.15) is 0 Å². The molecule has 3 aromatic rings. The number of nitrogens with zero attached hydrogens (tertiary/aromatic N) is 1. The van der Waals surface area contributed by atoms with E-state index in [9.17, 15) is 19.2 Å². The smallest absolute Gasteiger partial charge is 0.335 e. The van der Waals surface area contributed by atoms with Crippen molar-refractivity contribution in [3.05, 3.63) is 76.3 Å². The number of halogens is 1.